The molecule has 1 atom stereocenters. The Morgan fingerprint density at radius 2 is 2.00 bits per heavy atom. The van der Waals surface area contributed by atoms with E-state index in [9.17, 15) is 0 Å². The van der Waals surface area contributed by atoms with Crippen LogP contribution in [-0.4, -0.2) is 16.0 Å². The third-order valence-electron chi connectivity index (χ3n) is 1.77. The second kappa shape index (κ2) is 4.04. The van der Waals surface area contributed by atoms with Gasteiger partial charge >= 0.3 is 0 Å². The summed E-state index contributed by atoms with van der Waals surface area (Å²) >= 11 is 0. The zero-order valence-corrected chi connectivity index (χ0v) is 7.83. The maximum Gasteiger partial charge on any atom is 0.222 e. The van der Waals surface area contributed by atoms with Crippen molar-refractivity contribution in [2.24, 2.45) is 0 Å². The van der Waals surface area contributed by atoms with Gasteiger partial charge in [0.1, 0.15) is 0 Å². The van der Waals surface area contributed by atoms with E-state index in [0.717, 1.165) is 17.9 Å². The van der Waals surface area contributed by atoms with Gasteiger partial charge in [-0.05, 0) is 25.8 Å². The molecule has 1 N–H and O–H groups in total. The van der Waals surface area contributed by atoms with Crippen molar-refractivity contribution >= 4 is 5.95 Å². The van der Waals surface area contributed by atoms with Gasteiger partial charge in [-0.3, -0.25) is 0 Å². The summed E-state index contributed by atoms with van der Waals surface area (Å²) in [5, 5.41) is 3.20. The lowest BCUT2D eigenvalue weighted by Gasteiger charge is -2.10. The first kappa shape index (κ1) is 8.97. The van der Waals surface area contributed by atoms with Crippen molar-refractivity contribution in [1.82, 2.24) is 9.97 Å². The van der Waals surface area contributed by atoms with Crippen LogP contribution in [0.2, 0.25) is 0 Å². The van der Waals surface area contributed by atoms with Gasteiger partial charge in [-0.2, -0.15) is 0 Å². The highest BCUT2D eigenvalue weighted by molar-refractivity contribution is 5.25. The molecule has 0 bridgehead atoms. The molecule has 1 rings (SSSR count). The Morgan fingerprint density at radius 3 is 2.50 bits per heavy atom. The molecule has 0 radical (unpaired) electrons. The van der Waals surface area contributed by atoms with E-state index in [1.54, 1.807) is 0 Å². The van der Waals surface area contributed by atoms with Crippen molar-refractivity contribution in [1.29, 1.82) is 0 Å². The molecule has 1 heterocycles. The molecular formula is C9H15N3. The SMILES string of the molecule is CCC(C)Nc1ncc(C)cn1. The van der Waals surface area contributed by atoms with Gasteiger partial charge in [0, 0.05) is 18.4 Å². The third kappa shape index (κ3) is 2.49. The fraction of sp³-hybridized carbons (Fsp3) is 0.556. The van der Waals surface area contributed by atoms with Gasteiger partial charge in [0.2, 0.25) is 5.95 Å². The first-order valence-electron chi connectivity index (χ1n) is 4.27. The van der Waals surface area contributed by atoms with E-state index in [4.69, 9.17) is 0 Å². The van der Waals surface area contributed by atoms with Crippen molar-refractivity contribution in [2.45, 2.75) is 33.2 Å². The fourth-order valence-electron chi connectivity index (χ4n) is 0.790. The molecule has 1 aromatic heterocycles. The molecule has 0 spiro atoms. The average Bonchev–Trinajstić information content (AvgIpc) is 2.09. The molecule has 66 valence electrons. The minimum absolute atomic E-state index is 0.438. The highest BCUT2D eigenvalue weighted by Gasteiger charge is 1.99. The van der Waals surface area contributed by atoms with Crippen LogP contribution in [0.3, 0.4) is 0 Å². The summed E-state index contributed by atoms with van der Waals surface area (Å²) in [4.78, 5) is 8.29. The summed E-state index contributed by atoms with van der Waals surface area (Å²) < 4.78 is 0. The van der Waals surface area contributed by atoms with Crippen molar-refractivity contribution in [3.63, 3.8) is 0 Å². The number of nitrogens with one attached hydrogen (secondary N) is 1. The molecule has 3 nitrogen and oxygen atoms in total. The van der Waals surface area contributed by atoms with Crippen LogP contribution in [0.1, 0.15) is 25.8 Å². The second-order valence-corrected chi connectivity index (χ2v) is 3.04. The summed E-state index contributed by atoms with van der Waals surface area (Å²) in [5.41, 5.74) is 1.09. The minimum atomic E-state index is 0.438. The smallest absolute Gasteiger partial charge is 0.222 e. The number of hydrogen-bond acceptors (Lipinski definition) is 3. The number of rotatable bonds is 3. The number of aryl methyl sites for hydroxylation is 1. The molecule has 3 heteroatoms. The predicted molar refractivity (Wildman–Crippen MR) is 50.1 cm³/mol. The van der Waals surface area contributed by atoms with Gasteiger partial charge in [-0.15, -0.1) is 0 Å². The Hall–Kier alpha value is -1.12. The molecule has 0 aliphatic rings. The van der Waals surface area contributed by atoms with E-state index in [-0.39, 0.29) is 0 Å². The summed E-state index contributed by atoms with van der Waals surface area (Å²) in [7, 11) is 0. The number of aromatic nitrogens is 2. The lowest BCUT2D eigenvalue weighted by molar-refractivity contribution is 0.752. The standard InChI is InChI=1S/C9H15N3/c1-4-8(3)12-9-10-5-7(2)6-11-9/h5-6,8H,4H2,1-3H3,(H,10,11,12). The highest BCUT2D eigenvalue weighted by Crippen LogP contribution is 2.02. The average molecular weight is 165 g/mol. The molecule has 0 saturated carbocycles. The first-order chi connectivity index (χ1) is 5.72. The van der Waals surface area contributed by atoms with Gasteiger partial charge in [0.25, 0.3) is 0 Å². The van der Waals surface area contributed by atoms with E-state index in [2.05, 4.69) is 29.1 Å². The number of hydrogen-bond donors (Lipinski definition) is 1. The molecular weight excluding hydrogens is 150 g/mol. The van der Waals surface area contributed by atoms with Gasteiger partial charge < -0.3 is 5.32 Å². The molecule has 0 aliphatic carbocycles. The van der Waals surface area contributed by atoms with Gasteiger partial charge in [-0.1, -0.05) is 6.92 Å². The molecule has 0 aromatic carbocycles. The molecule has 1 unspecified atom stereocenters. The summed E-state index contributed by atoms with van der Waals surface area (Å²) in [6.45, 7) is 6.22. The maximum atomic E-state index is 4.14. The first-order valence-corrected chi connectivity index (χ1v) is 4.27. The maximum absolute atomic E-state index is 4.14. The Bertz CT molecular complexity index is 230. The Kier molecular flexibility index (Phi) is 3.02. The van der Waals surface area contributed by atoms with Crippen molar-refractivity contribution in [3.05, 3.63) is 18.0 Å². The lowest BCUT2D eigenvalue weighted by Crippen LogP contribution is -2.15. The topological polar surface area (TPSA) is 37.8 Å². The second-order valence-electron chi connectivity index (χ2n) is 3.04. The molecule has 0 fully saturated rings. The van der Waals surface area contributed by atoms with Crippen molar-refractivity contribution in [3.8, 4) is 0 Å². The van der Waals surface area contributed by atoms with E-state index in [1.807, 2.05) is 19.3 Å². The Morgan fingerprint density at radius 1 is 1.42 bits per heavy atom. The van der Waals surface area contributed by atoms with Crippen LogP contribution in [0.4, 0.5) is 5.95 Å². The van der Waals surface area contributed by atoms with Crippen LogP contribution in [0, 0.1) is 6.92 Å². The summed E-state index contributed by atoms with van der Waals surface area (Å²) in [6.07, 6.45) is 4.71. The molecule has 0 saturated heterocycles. The van der Waals surface area contributed by atoms with Crippen molar-refractivity contribution in [2.75, 3.05) is 5.32 Å². The summed E-state index contributed by atoms with van der Waals surface area (Å²) in [5.74, 6) is 0.718. The number of nitrogens with zero attached hydrogens (tertiary/aromatic N) is 2. The fourth-order valence-corrected chi connectivity index (χ4v) is 0.790. The van der Waals surface area contributed by atoms with E-state index >= 15 is 0 Å². The molecule has 12 heavy (non-hydrogen) atoms. The normalized spacial score (nSPS) is 12.6. The van der Waals surface area contributed by atoms with Gasteiger partial charge in [-0.25, -0.2) is 9.97 Å². The van der Waals surface area contributed by atoms with Crippen LogP contribution in [0.25, 0.3) is 0 Å². The zero-order chi connectivity index (χ0) is 8.97. The third-order valence-corrected chi connectivity index (χ3v) is 1.77. The molecule has 0 aliphatic heterocycles. The molecule has 0 amide bonds. The van der Waals surface area contributed by atoms with E-state index in [1.165, 1.54) is 0 Å². The van der Waals surface area contributed by atoms with Gasteiger partial charge in [0.05, 0.1) is 0 Å². The van der Waals surface area contributed by atoms with Crippen LogP contribution < -0.4 is 5.32 Å². The lowest BCUT2D eigenvalue weighted by atomic mass is 10.3. The predicted octanol–water partition coefficient (Wildman–Crippen LogP) is 2.00. The highest BCUT2D eigenvalue weighted by atomic mass is 15.1. The Balaban J connectivity index is 2.58. The quantitative estimate of drug-likeness (QED) is 0.744. The molecule has 1 aromatic rings. The zero-order valence-electron chi connectivity index (χ0n) is 7.83. The van der Waals surface area contributed by atoms with Crippen molar-refractivity contribution < 1.29 is 0 Å². The van der Waals surface area contributed by atoms with Crippen LogP contribution in [0.15, 0.2) is 12.4 Å². The summed E-state index contributed by atoms with van der Waals surface area (Å²) in [6, 6.07) is 0.438. The number of anilines is 1. The Labute approximate surface area is 73.2 Å². The monoisotopic (exact) mass is 165 g/mol. The van der Waals surface area contributed by atoms with Crippen LogP contribution in [-0.2, 0) is 0 Å². The van der Waals surface area contributed by atoms with Crippen LogP contribution >= 0.6 is 0 Å². The van der Waals surface area contributed by atoms with Gasteiger partial charge in [0.15, 0.2) is 0 Å². The minimum Gasteiger partial charge on any atom is -0.352 e. The largest absolute Gasteiger partial charge is 0.352 e. The van der Waals surface area contributed by atoms with Crippen LogP contribution in [0.5, 0.6) is 0 Å². The van der Waals surface area contributed by atoms with E-state index in [0.29, 0.717) is 6.04 Å². The van der Waals surface area contributed by atoms with E-state index < -0.39 is 0 Å².